The average molecular weight is 366 g/mol. The first-order valence-electron chi connectivity index (χ1n) is 8.75. The number of amides is 2. The van der Waals surface area contributed by atoms with Crippen LogP contribution in [-0.2, 0) is 16.1 Å². The summed E-state index contributed by atoms with van der Waals surface area (Å²) in [5, 5.41) is 12.3. The fourth-order valence-electron chi connectivity index (χ4n) is 3.41. The van der Waals surface area contributed by atoms with E-state index in [9.17, 15) is 14.7 Å². The standard InChI is InChI=1S/C21H22N2O4/c1-13(22-12-14-8-9-18(27-2)17(24)10-14)20-16(11-19(25)23-21(20)26)15-6-4-3-5-7-15/h3-10,16,20,24H,11-12H2,1-2H3,(H,23,25,26). The van der Waals surface area contributed by atoms with Crippen molar-refractivity contribution < 1.29 is 19.4 Å². The molecule has 2 aromatic carbocycles. The number of hydrogen-bond acceptors (Lipinski definition) is 5. The normalized spacial score (nSPS) is 20.3. The molecular formula is C21H22N2O4. The highest BCUT2D eigenvalue weighted by atomic mass is 16.5. The van der Waals surface area contributed by atoms with Crippen LogP contribution in [0.2, 0.25) is 0 Å². The molecule has 1 saturated heterocycles. The summed E-state index contributed by atoms with van der Waals surface area (Å²) in [7, 11) is 1.49. The SMILES string of the molecule is COc1ccc(CN=C(C)C2C(=O)NC(=O)CC2c2ccccc2)cc1O. The van der Waals surface area contributed by atoms with E-state index in [2.05, 4.69) is 10.3 Å². The molecule has 2 aromatic rings. The summed E-state index contributed by atoms with van der Waals surface area (Å²) in [6.45, 7) is 2.13. The van der Waals surface area contributed by atoms with Gasteiger partial charge < -0.3 is 9.84 Å². The number of rotatable bonds is 5. The van der Waals surface area contributed by atoms with Crippen molar-refractivity contribution in [3.05, 3.63) is 59.7 Å². The van der Waals surface area contributed by atoms with Crippen molar-refractivity contribution >= 4 is 17.5 Å². The van der Waals surface area contributed by atoms with Crippen LogP contribution in [0, 0.1) is 5.92 Å². The number of imide groups is 1. The number of carbonyl (C=O) groups excluding carboxylic acids is 2. The quantitative estimate of drug-likeness (QED) is 0.629. The molecule has 2 unspecified atom stereocenters. The zero-order valence-electron chi connectivity index (χ0n) is 15.3. The number of aliphatic imine (C=N–C) groups is 1. The predicted octanol–water partition coefficient (Wildman–Crippen LogP) is 2.81. The molecule has 1 aliphatic heterocycles. The van der Waals surface area contributed by atoms with Crippen LogP contribution in [0.25, 0.3) is 0 Å². The maximum absolute atomic E-state index is 12.5. The van der Waals surface area contributed by atoms with Gasteiger partial charge in [-0.15, -0.1) is 0 Å². The van der Waals surface area contributed by atoms with E-state index in [-0.39, 0.29) is 29.9 Å². The molecule has 6 nitrogen and oxygen atoms in total. The summed E-state index contributed by atoms with van der Waals surface area (Å²) in [4.78, 5) is 29.0. The number of carbonyl (C=O) groups is 2. The van der Waals surface area contributed by atoms with Gasteiger partial charge >= 0.3 is 0 Å². The van der Waals surface area contributed by atoms with Crippen LogP contribution in [0.15, 0.2) is 53.5 Å². The summed E-state index contributed by atoms with van der Waals surface area (Å²) in [5.41, 5.74) is 2.41. The van der Waals surface area contributed by atoms with Gasteiger partial charge in [0.15, 0.2) is 11.5 Å². The maximum Gasteiger partial charge on any atom is 0.235 e. The number of nitrogens with zero attached hydrogens (tertiary/aromatic N) is 1. The minimum absolute atomic E-state index is 0.0472. The number of aromatic hydroxyl groups is 1. The van der Waals surface area contributed by atoms with Crippen molar-refractivity contribution in [1.82, 2.24) is 5.32 Å². The lowest BCUT2D eigenvalue weighted by molar-refractivity contribution is -0.135. The molecule has 140 valence electrons. The largest absolute Gasteiger partial charge is 0.504 e. The molecule has 0 spiro atoms. The number of hydrogen-bond donors (Lipinski definition) is 2. The van der Waals surface area contributed by atoms with E-state index in [1.54, 1.807) is 19.1 Å². The van der Waals surface area contributed by atoms with E-state index in [0.717, 1.165) is 11.1 Å². The summed E-state index contributed by atoms with van der Waals surface area (Å²) in [6.07, 6.45) is 0.247. The van der Waals surface area contributed by atoms with Crippen LogP contribution in [0.4, 0.5) is 0 Å². The monoisotopic (exact) mass is 366 g/mol. The first kappa shape index (κ1) is 18.6. The van der Waals surface area contributed by atoms with Gasteiger partial charge in [0.2, 0.25) is 11.8 Å². The highest BCUT2D eigenvalue weighted by Gasteiger charge is 2.38. The molecule has 1 heterocycles. The highest BCUT2D eigenvalue weighted by Crippen LogP contribution is 2.33. The van der Waals surface area contributed by atoms with E-state index in [1.165, 1.54) is 7.11 Å². The second-order valence-corrected chi connectivity index (χ2v) is 6.58. The maximum atomic E-state index is 12.5. The van der Waals surface area contributed by atoms with E-state index in [0.29, 0.717) is 18.0 Å². The molecule has 0 aliphatic carbocycles. The van der Waals surface area contributed by atoms with Gasteiger partial charge in [-0.25, -0.2) is 0 Å². The highest BCUT2D eigenvalue weighted by molar-refractivity contribution is 6.11. The molecule has 0 radical (unpaired) electrons. The molecule has 0 saturated carbocycles. The molecule has 1 fully saturated rings. The second-order valence-electron chi connectivity index (χ2n) is 6.58. The van der Waals surface area contributed by atoms with Crippen molar-refractivity contribution in [1.29, 1.82) is 0 Å². The number of ether oxygens (including phenoxy) is 1. The van der Waals surface area contributed by atoms with E-state index in [1.807, 2.05) is 36.4 Å². The third-order valence-electron chi connectivity index (χ3n) is 4.78. The van der Waals surface area contributed by atoms with Gasteiger partial charge in [-0.05, 0) is 30.2 Å². The van der Waals surface area contributed by atoms with Gasteiger partial charge in [0.1, 0.15) is 0 Å². The third kappa shape index (κ3) is 4.16. The zero-order valence-corrected chi connectivity index (χ0v) is 15.3. The minimum Gasteiger partial charge on any atom is -0.504 e. The number of phenols is 1. The van der Waals surface area contributed by atoms with Crippen LogP contribution < -0.4 is 10.1 Å². The van der Waals surface area contributed by atoms with E-state index >= 15 is 0 Å². The fraction of sp³-hybridized carbons (Fsp3) is 0.286. The molecule has 1 aliphatic rings. The Kier molecular flexibility index (Phi) is 5.54. The average Bonchev–Trinajstić information content (AvgIpc) is 2.66. The number of piperidine rings is 1. The van der Waals surface area contributed by atoms with Crippen LogP contribution in [-0.4, -0.2) is 29.7 Å². The third-order valence-corrected chi connectivity index (χ3v) is 4.78. The van der Waals surface area contributed by atoms with Crippen LogP contribution in [0.3, 0.4) is 0 Å². The molecule has 2 amide bonds. The molecule has 0 bridgehead atoms. The topological polar surface area (TPSA) is 88.0 Å². The molecule has 27 heavy (non-hydrogen) atoms. The lowest BCUT2D eigenvalue weighted by Gasteiger charge is -2.30. The van der Waals surface area contributed by atoms with Gasteiger partial charge in [-0.1, -0.05) is 36.4 Å². The van der Waals surface area contributed by atoms with Gasteiger partial charge in [-0.2, -0.15) is 0 Å². The van der Waals surface area contributed by atoms with Gasteiger partial charge in [-0.3, -0.25) is 19.9 Å². The first-order chi connectivity index (χ1) is 13.0. The summed E-state index contributed by atoms with van der Waals surface area (Å²) in [5.74, 6) is -0.880. The Morgan fingerprint density at radius 1 is 1.22 bits per heavy atom. The van der Waals surface area contributed by atoms with E-state index in [4.69, 9.17) is 4.74 Å². The van der Waals surface area contributed by atoms with Crippen LogP contribution in [0.1, 0.15) is 30.4 Å². The van der Waals surface area contributed by atoms with Crippen molar-refractivity contribution in [2.75, 3.05) is 7.11 Å². The number of nitrogens with one attached hydrogen (secondary N) is 1. The Hall–Kier alpha value is -3.15. The molecule has 0 aromatic heterocycles. The first-order valence-corrected chi connectivity index (χ1v) is 8.75. The Morgan fingerprint density at radius 2 is 1.96 bits per heavy atom. The van der Waals surface area contributed by atoms with Gasteiger partial charge in [0.05, 0.1) is 19.6 Å². The van der Waals surface area contributed by atoms with Crippen molar-refractivity contribution in [2.45, 2.75) is 25.8 Å². The Labute approximate surface area is 157 Å². The summed E-state index contributed by atoms with van der Waals surface area (Å²) >= 11 is 0. The molecule has 6 heteroatoms. The van der Waals surface area contributed by atoms with Crippen molar-refractivity contribution in [3.63, 3.8) is 0 Å². The van der Waals surface area contributed by atoms with Crippen molar-refractivity contribution in [2.24, 2.45) is 10.9 Å². The molecular weight excluding hydrogens is 344 g/mol. The summed E-state index contributed by atoms with van der Waals surface area (Å²) in [6, 6.07) is 14.6. The minimum atomic E-state index is -0.503. The number of methoxy groups -OCH3 is 1. The van der Waals surface area contributed by atoms with Gasteiger partial charge in [0, 0.05) is 18.1 Å². The smallest absolute Gasteiger partial charge is 0.235 e. The Balaban J connectivity index is 1.84. The molecule has 2 atom stereocenters. The lowest BCUT2D eigenvalue weighted by atomic mass is 9.78. The number of phenolic OH excluding ortho intramolecular Hbond substituents is 1. The fourth-order valence-corrected chi connectivity index (χ4v) is 3.41. The molecule has 3 rings (SSSR count). The molecule has 2 N–H and O–H groups in total. The van der Waals surface area contributed by atoms with Gasteiger partial charge in [0.25, 0.3) is 0 Å². The zero-order chi connectivity index (χ0) is 19.4. The van der Waals surface area contributed by atoms with Crippen LogP contribution >= 0.6 is 0 Å². The summed E-state index contributed by atoms with van der Waals surface area (Å²) < 4.78 is 5.04. The number of benzene rings is 2. The van der Waals surface area contributed by atoms with E-state index < -0.39 is 5.92 Å². The van der Waals surface area contributed by atoms with Crippen molar-refractivity contribution in [3.8, 4) is 11.5 Å². The Bertz CT molecular complexity index is 877. The lowest BCUT2D eigenvalue weighted by Crippen LogP contribution is -2.47. The predicted molar refractivity (Wildman–Crippen MR) is 102 cm³/mol. The second kappa shape index (κ2) is 8.03. The van der Waals surface area contributed by atoms with Crippen LogP contribution in [0.5, 0.6) is 11.5 Å². The Morgan fingerprint density at radius 3 is 2.63 bits per heavy atom.